The Hall–Kier alpha value is -1.46. The van der Waals surface area contributed by atoms with Gasteiger partial charge in [0, 0.05) is 6.20 Å². The van der Waals surface area contributed by atoms with Gasteiger partial charge in [-0.15, -0.1) is 5.11 Å². The van der Waals surface area contributed by atoms with Crippen molar-refractivity contribution >= 4 is 0 Å². The molecule has 0 radical (unpaired) electrons. The molecule has 0 aromatic carbocycles. The minimum Gasteiger partial charge on any atom is -0.183 e. The summed E-state index contributed by atoms with van der Waals surface area (Å²) >= 11 is 0. The summed E-state index contributed by atoms with van der Waals surface area (Å²) in [5, 5.41) is 15.5. The maximum Gasteiger partial charge on any atom is 0.0474 e. The molecule has 0 spiro atoms. The van der Waals surface area contributed by atoms with Gasteiger partial charge in [0.05, 0.1) is 0 Å². The highest BCUT2D eigenvalue weighted by Gasteiger charge is 1.79. The van der Waals surface area contributed by atoms with Crippen molar-refractivity contribution in [2.75, 3.05) is 0 Å². The van der Waals surface area contributed by atoms with Gasteiger partial charge in [-0.2, -0.15) is 5.53 Å². The van der Waals surface area contributed by atoms with Crippen molar-refractivity contribution in [3.8, 4) is 0 Å². The molecule has 6 nitrogen and oxygen atoms in total. The molecule has 13 heavy (non-hydrogen) atoms. The molecule has 0 heterocycles. The largest absolute Gasteiger partial charge is 0.183 e. The predicted molar refractivity (Wildman–Crippen MR) is 48.1 cm³/mol. The SMILES string of the molecule is CCCCCC=CN=NN=NN=N. The van der Waals surface area contributed by atoms with Crippen LogP contribution in [0, 0.1) is 5.53 Å². The average molecular weight is 182 g/mol. The number of unbranched alkanes of at least 4 members (excludes halogenated alkanes) is 3. The number of allylic oxidation sites excluding steroid dienone is 1. The quantitative estimate of drug-likeness (QED) is 0.352. The Balaban J connectivity index is 3.34. The van der Waals surface area contributed by atoms with E-state index in [4.69, 9.17) is 5.53 Å². The zero-order chi connectivity index (χ0) is 9.78. The van der Waals surface area contributed by atoms with Gasteiger partial charge in [-0.1, -0.05) is 25.8 Å². The Labute approximate surface area is 77.3 Å². The van der Waals surface area contributed by atoms with E-state index in [2.05, 4.69) is 32.9 Å². The molecular weight excluding hydrogens is 168 g/mol. The van der Waals surface area contributed by atoms with Crippen molar-refractivity contribution in [2.45, 2.75) is 32.6 Å². The molecule has 0 bridgehead atoms. The fourth-order valence-electron chi connectivity index (χ4n) is 0.725. The molecular formula is C7H14N6. The third-order valence-corrected chi connectivity index (χ3v) is 1.32. The van der Waals surface area contributed by atoms with Gasteiger partial charge in [0.2, 0.25) is 0 Å². The first-order valence-electron chi connectivity index (χ1n) is 4.23. The number of hydrogen-bond donors (Lipinski definition) is 1. The van der Waals surface area contributed by atoms with Crippen molar-refractivity contribution < 1.29 is 0 Å². The van der Waals surface area contributed by atoms with Crippen LogP contribution in [-0.2, 0) is 0 Å². The van der Waals surface area contributed by atoms with Crippen LogP contribution in [0.1, 0.15) is 32.6 Å². The first-order valence-corrected chi connectivity index (χ1v) is 4.23. The van der Waals surface area contributed by atoms with E-state index in [1.807, 2.05) is 6.08 Å². The number of rotatable bonds is 7. The van der Waals surface area contributed by atoms with E-state index in [-0.39, 0.29) is 0 Å². The van der Waals surface area contributed by atoms with Crippen LogP contribution in [0.5, 0.6) is 0 Å². The van der Waals surface area contributed by atoms with Crippen LogP contribution in [0.25, 0.3) is 0 Å². The Kier molecular flexibility index (Phi) is 9.36. The lowest BCUT2D eigenvalue weighted by atomic mass is 10.2. The maximum absolute atomic E-state index is 6.24. The normalized spacial score (nSPS) is 12.1. The molecule has 0 fully saturated rings. The molecule has 1 N–H and O–H groups in total. The second-order valence-corrected chi connectivity index (χ2v) is 2.36. The highest BCUT2D eigenvalue weighted by atomic mass is 15.6. The van der Waals surface area contributed by atoms with Crippen LogP contribution in [0.3, 0.4) is 0 Å². The summed E-state index contributed by atoms with van der Waals surface area (Å²) in [6.07, 6.45) is 8.12. The van der Waals surface area contributed by atoms with E-state index in [1.165, 1.54) is 19.3 Å². The second kappa shape index (κ2) is 10.5. The topological polar surface area (TPSA) is 85.7 Å². The van der Waals surface area contributed by atoms with Gasteiger partial charge in [0.1, 0.15) is 0 Å². The Morgan fingerprint density at radius 2 is 2.00 bits per heavy atom. The molecule has 0 rings (SSSR count). The fraction of sp³-hybridized carbons (Fsp3) is 0.714. The van der Waals surface area contributed by atoms with Gasteiger partial charge in [-0.25, -0.2) is 0 Å². The second-order valence-electron chi connectivity index (χ2n) is 2.36. The van der Waals surface area contributed by atoms with E-state index >= 15 is 0 Å². The van der Waals surface area contributed by atoms with Crippen molar-refractivity contribution in [3.05, 3.63) is 12.3 Å². The summed E-state index contributed by atoms with van der Waals surface area (Å²) in [5.74, 6) is 0. The first kappa shape index (κ1) is 11.5. The summed E-state index contributed by atoms with van der Waals surface area (Å²) in [4.78, 5) is 0. The zero-order valence-electron chi connectivity index (χ0n) is 7.72. The maximum atomic E-state index is 6.24. The van der Waals surface area contributed by atoms with Crippen molar-refractivity contribution in [2.24, 2.45) is 26.0 Å². The molecule has 0 atom stereocenters. The van der Waals surface area contributed by atoms with Gasteiger partial charge in [-0.3, -0.25) is 0 Å². The highest BCUT2D eigenvalue weighted by Crippen LogP contribution is 1.99. The summed E-state index contributed by atoms with van der Waals surface area (Å²) < 4.78 is 0. The number of nitrogens with one attached hydrogen (secondary N) is 1. The predicted octanol–water partition coefficient (Wildman–Crippen LogP) is 3.85. The Morgan fingerprint density at radius 1 is 1.15 bits per heavy atom. The van der Waals surface area contributed by atoms with Crippen molar-refractivity contribution in [1.82, 2.24) is 0 Å². The molecule has 0 aromatic rings. The van der Waals surface area contributed by atoms with Gasteiger partial charge in [0.25, 0.3) is 0 Å². The number of nitrogens with zero attached hydrogens (tertiary/aromatic N) is 5. The molecule has 72 valence electrons. The minimum atomic E-state index is 1.01. The molecule has 0 saturated heterocycles. The highest BCUT2D eigenvalue weighted by molar-refractivity contribution is 4.77. The van der Waals surface area contributed by atoms with Crippen LogP contribution >= 0.6 is 0 Å². The molecule has 0 amide bonds. The fourth-order valence-corrected chi connectivity index (χ4v) is 0.725. The molecule has 0 unspecified atom stereocenters. The van der Waals surface area contributed by atoms with Crippen LogP contribution in [0.4, 0.5) is 0 Å². The molecule has 0 aliphatic heterocycles. The van der Waals surface area contributed by atoms with E-state index in [1.54, 1.807) is 6.20 Å². The third kappa shape index (κ3) is 10.5. The van der Waals surface area contributed by atoms with Crippen LogP contribution in [-0.4, -0.2) is 0 Å². The zero-order valence-corrected chi connectivity index (χ0v) is 7.72. The lowest BCUT2D eigenvalue weighted by molar-refractivity contribution is 0.728. The van der Waals surface area contributed by atoms with Gasteiger partial charge >= 0.3 is 0 Å². The lowest BCUT2D eigenvalue weighted by Crippen LogP contribution is -1.69. The van der Waals surface area contributed by atoms with E-state index < -0.39 is 0 Å². The first-order chi connectivity index (χ1) is 6.41. The van der Waals surface area contributed by atoms with E-state index in [0.29, 0.717) is 0 Å². The smallest absolute Gasteiger partial charge is 0.0474 e. The number of hydrogen-bond acceptors (Lipinski definition) is 2. The lowest BCUT2D eigenvalue weighted by Gasteiger charge is -1.88. The summed E-state index contributed by atoms with van der Waals surface area (Å²) in [7, 11) is 0. The van der Waals surface area contributed by atoms with Crippen LogP contribution in [0.15, 0.2) is 38.3 Å². The average Bonchev–Trinajstić information content (AvgIpc) is 2.16. The monoisotopic (exact) mass is 182 g/mol. The standard InChI is InChI=1S/C7H14N6/c1-2-3-4-5-6-7-9-11-13-12-10-8/h6-8H,2-5H2,1H3. The molecule has 0 aromatic heterocycles. The van der Waals surface area contributed by atoms with Crippen LogP contribution < -0.4 is 0 Å². The minimum absolute atomic E-state index is 1.01. The van der Waals surface area contributed by atoms with E-state index in [9.17, 15) is 0 Å². The molecule has 0 saturated carbocycles. The van der Waals surface area contributed by atoms with E-state index in [0.717, 1.165) is 6.42 Å². The molecule has 6 heteroatoms. The Morgan fingerprint density at radius 3 is 2.69 bits per heavy atom. The van der Waals surface area contributed by atoms with Crippen molar-refractivity contribution in [1.29, 1.82) is 5.53 Å². The van der Waals surface area contributed by atoms with Crippen molar-refractivity contribution in [3.63, 3.8) is 0 Å². The van der Waals surface area contributed by atoms with Gasteiger partial charge < -0.3 is 0 Å². The third-order valence-electron chi connectivity index (χ3n) is 1.32. The molecule has 0 aliphatic rings. The summed E-state index contributed by atoms with van der Waals surface area (Å²) in [5.41, 5.74) is 6.24. The van der Waals surface area contributed by atoms with Crippen LogP contribution in [0.2, 0.25) is 0 Å². The van der Waals surface area contributed by atoms with Gasteiger partial charge in [-0.05, 0) is 33.7 Å². The molecule has 0 aliphatic carbocycles. The Bertz CT molecular complexity index is 195. The summed E-state index contributed by atoms with van der Waals surface area (Å²) in [6, 6.07) is 0. The summed E-state index contributed by atoms with van der Waals surface area (Å²) in [6.45, 7) is 2.16. The van der Waals surface area contributed by atoms with Gasteiger partial charge in [0.15, 0.2) is 0 Å².